The molecule has 0 radical (unpaired) electrons. The first-order valence-corrected chi connectivity index (χ1v) is 6.41. The summed E-state index contributed by atoms with van der Waals surface area (Å²) in [5, 5.41) is 2.86. The summed E-state index contributed by atoms with van der Waals surface area (Å²) >= 11 is 0. The molecule has 0 aromatic heterocycles. The first-order valence-electron chi connectivity index (χ1n) is 6.41. The summed E-state index contributed by atoms with van der Waals surface area (Å²) in [6.07, 6.45) is 0.0898. The van der Waals surface area contributed by atoms with E-state index >= 15 is 0 Å². The Labute approximate surface area is 104 Å². The van der Waals surface area contributed by atoms with Crippen LogP contribution in [0.5, 0.6) is 0 Å². The van der Waals surface area contributed by atoms with E-state index in [1.807, 2.05) is 13.8 Å². The van der Waals surface area contributed by atoms with Crippen molar-refractivity contribution in [1.29, 1.82) is 0 Å². The third-order valence-corrected chi connectivity index (χ3v) is 3.20. The van der Waals surface area contributed by atoms with Gasteiger partial charge in [-0.25, -0.2) is 0 Å². The quantitative estimate of drug-likeness (QED) is 0.702. The zero-order valence-electron chi connectivity index (χ0n) is 11.1. The van der Waals surface area contributed by atoms with Crippen molar-refractivity contribution in [3.05, 3.63) is 0 Å². The van der Waals surface area contributed by atoms with Gasteiger partial charge in [0.1, 0.15) is 0 Å². The molecule has 0 aliphatic carbocycles. The highest BCUT2D eigenvalue weighted by atomic mass is 16.5. The number of hydrogen-bond donors (Lipinski definition) is 2. The second-order valence-corrected chi connectivity index (χ2v) is 4.90. The zero-order chi connectivity index (χ0) is 12.8. The molecule has 5 heteroatoms. The number of morpholine rings is 1. The van der Waals surface area contributed by atoms with Crippen LogP contribution in [0.25, 0.3) is 0 Å². The second kappa shape index (κ2) is 6.93. The van der Waals surface area contributed by atoms with E-state index in [0.29, 0.717) is 6.54 Å². The molecule has 1 aliphatic rings. The van der Waals surface area contributed by atoms with Crippen LogP contribution in [0.3, 0.4) is 0 Å². The normalized spacial score (nSPS) is 23.7. The van der Waals surface area contributed by atoms with E-state index in [9.17, 15) is 4.79 Å². The molecule has 2 atom stereocenters. The third kappa shape index (κ3) is 4.61. The molecule has 3 N–H and O–H groups in total. The van der Waals surface area contributed by atoms with E-state index in [4.69, 9.17) is 10.5 Å². The minimum atomic E-state index is -0.430. The van der Waals surface area contributed by atoms with Gasteiger partial charge in [-0.05, 0) is 12.5 Å². The molecular weight excluding hydrogens is 218 g/mol. The lowest BCUT2D eigenvalue weighted by Gasteiger charge is -2.32. The summed E-state index contributed by atoms with van der Waals surface area (Å²) in [6, 6.07) is -0.430. The standard InChI is InChI=1S/C12H25N3O2/c1-4-15-5-6-17-10(8-15)7-14-12(16)11(13)9(2)3/h9-11H,4-8,13H2,1-3H3,(H,14,16). The predicted molar refractivity (Wildman–Crippen MR) is 67.7 cm³/mol. The Morgan fingerprint density at radius 1 is 1.59 bits per heavy atom. The van der Waals surface area contributed by atoms with Gasteiger partial charge in [-0.15, -0.1) is 0 Å². The minimum Gasteiger partial charge on any atom is -0.374 e. The molecule has 1 amide bonds. The van der Waals surface area contributed by atoms with Crippen molar-refractivity contribution in [2.75, 3.05) is 32.8 Å². The van der Waals surface area contributed by atoms with E-state index < -0.39 is 6.04 Å². The van der Waals surface area contributed by atoms with Gasteiger partial charge >= 0.3 is 0 Å². The summed E-state index contributed by atoms with van der Waals surface area (Å²) in [4.78, 5) is 14.0. The summed E-state index contributed by atoms with van der Waals surface area (Å²) in [7, 11) is 0. The number of amides is 1. The van der Waals surface area contributed by atoms with Crippen LogP contribution in [0.15, 0.2) is 0 Å². The fraction of sp³-hybridized carbons (Fsp3) is 0.917. The van der Waals surface area contributed by atoms with Gasteiger partial charge in [-0.3, -0.25) is 9.69 Å². The molecule has 0 aromatic carbocycles. The number of rotatable bonds is 5. The summed E-state index contributed by atoms with van der Waals surface area (Å²) in [5.74, 6) is 0.0756. The van der Waals surface area contributed by atoms with E-state index in [1.165, 1.54) is 0 Å². The van der Waals surface area contributed by atoms with Crippen LogP contribution in [0.1, 0.15) is 20.8 Å². The maximum Gasteiger partial charge on any atom is 0.237 e. The van der Waals surface area contributed by atoms with Gasteiger partial charge in [-0.2, -0.15) is 0 Å². The second-order valence-electron chi connectivity index (χ2n) is 4.90. The van der Waals surface area contributed by atoms with Gasteiger partial charge in [0.2, 0.25) is 5.91 Å². The number of carbonyl (C=O) groups is 1. The SMILES string of the molecule is CCN1CCOC(CNC(=O)C(N)C(C)C)C1. The highest BCUT2D eigenvalue weighted by molar-refractivity contribution is 5.81. The van der Waals surface area contributed by atoms with Crippen molar-refractivity contribution in [2.24, 2.45) is 11.7 Å². The molecule has 100 valence electrons. The molecule has 1 heterocycles. The van der Waals surface area contributed by atoms with E-state index in [2.05, 4.69) is 17.1 Å². The number of carbonyl (C=O) groups excluding carboxylic acids is 1. The molecule has 0 spiro atoms. The van der Waals surface area contributed by atoms with Crippen LogP contribution in [0.2, 0.25) is 0 Å². The average molecular weight is 243 g/mol. The fourth-order valence-corrected chi connectivity index (χ4v) is 1.83. The van der Waals surface area contributed by atoms with Crippen LogP contribution < -0.4 is 11.1 Å². The maximum atomic E-state index is 11.7. The molecule has 1 fully saturated rings. The maximum absolute atomic E-state index is 11.7. The Hall–Kier alpha value is -0.650. The van der Waals surface area contributed by atoms with Gasteiger partial charge in [0.25, 0.3) is 0 Å². The monoisotopic (exact) mass is 243 g/mol. The molecule has 5 nitrogen and oxygen atoms in total. The summed E-state index contributed by atoms with van der Waals surface area (Å²) < 4.78 is 5.60. The molecule has 1 aliphatic heterocycles. The van der Waals surface area contributed by atoms with Crippen LogP contribution in [0, 0.1) is 5.92 Å². The lowest BCUT2D eigenvalue weighted by atomic mass is 10.1. The lowest BCUT2D eigenvalue weighted by Crippen LogP contribution is -2.50. The van der Waals surface area contributed by atoms with Crippen molar-refractivity contribution in [1.82, 2.24) is 10.2 Å². The van der Waals surface area contributed by atoms with E-state index in [0.717, 1.165) is 26.2 Å². The van der Waals surface area contributed by atoms with Crippen molar-refractivity contribution < 1.29 is 9.53 Å². The third-order valence-electron chi connectivity index (χ3n) is 3.20. The molecule has 0 saturated carbocycles. The van der Waals surface area contributed by atoms with Crippen molar-refractivity contribution in [2.45, 2.75) is 32.9 Å². The Morgan fingerprint density at radius 2 is 2.29 bits per heavy atom. The number of nitrogens with one attached hydrogen (secondary N) is 1. The average Bonchev–Trinajstić information content (AvgIpc) is 2.35. The van der Waals surface area contributed by atoms with Crippen LogP contribution in [-0.4, -0.2) is 55.7 Å². The number of likely N-dealkylation sites (N-methyl/N-ethyl adjacent to an activating group) is 1. The Kier molecular flexibility index (Phi) is 5.88. The molecule has 0 bridgehead atoms. The Morgan fingerprint density at radius 3 is 2.88 bits per heavy atom. The van der Waals surface area contributed by atoms with Crippen LogP contribution in [0.4, 0.5) is 0 Å². The highest BCUT2D eigenvalue weighted by Gasteiger charge is 2.22. The lowest BCUT2D eigenvalue weighted by molar-refractivity contribution is -0.124. The first kappa shape index (κ1) is 14.4. The number of hydrogen-bond acceptors (Lipinski definition) is 4. The Balaban J connectivity index is 2.28. The van der Waals surface area contributed by atoms with Gasteiger partial charge in [0, 0.05) is 19.6 Å². The summed E-state index contributed by atoms with van der Waals surface area (Å²) in [6.45, 7) is 10.2. The Bertz CT molecular complexity index is 246. The van der Waals surface area contributed by atoms with Gasteiger partial charge in [0.15, 0.2) is 0 Å². The van der Waals surface area contributed by atoms with Crippen molar-refractivity contribution >= 4 is 5.91 Å². The molecule has 2 unspecified atom stereocenters. The predicted octanol–water partition coefficient (Wildman–Crippen LogP) is -0.193. The minimum absolute atomic E-state index is 0.0859. The van der Waals surface area contributed by atoms with Gasteiger partial charge < -0.3 is 15.8 Å². The van der Waals surface area contributed by atoms with Crippen molar-refractivity contribution in [3.8, 4) is 0 Å². The molecule has 1 rings (SSSR count). The van der Waals surface area contributed by atoms with Crippen LogP contribution in [-0.2, 0) is 9.53 Å². The molecular formula is C12H25N3O2. The number of ether oxygens (including phenoxy) is 1. The van der Waals surface area contributed by atoms with E-state index in [1.54, 1.807) is 0 Å². The summed E-state index contributed by atoms with van der Waals surface area (Å²) in [5.41, 5.74) is 5.77. The van der Waals surface area contributed by atoms with Gasteiger partial charge in [0.05, 0.1) is 18.8 Å². The van der Waals surface area contributed by atoms with Crippen LogP contribution >= 0.6 is 0 Å². The van der Waals surface area contributed by atoms with E-state index in [-0.39, 0.29) is 17.9 Å². The zero-order valence-corrected chi connectivity index (χ0v) is 11.1. The molecule has 0 aromatic rings. The largest absolute Gasteiger partial charge is 0.374 e. The smallest absolute Gasteiger partial charge is 0.237 e. The first-order chi connectivity index (χ1) is 8.04. The van der Waals surface area contributed by atoms with Crippen molar-refractivity contribution in [3.63, 3.8) is 0 Å². The van der Waals surface area contributed by atoms with Gasteiger partial charge in [-0.1, -0.05) is 20.8 Å². The number of nitrogens with zero attached hydrogens (tertiary/aromatic N) is 1. The highest BCUT2D eigenvalue weighted by Crippen LogP contribution is 2.04. The molecule has 1 saturated heterocycles. The topological polar surface area (TPSA) is 67.6 Å². The number of nitrogens with two attached hydrogens (primary N) is 1. The fourth-order valence-electron chi connectivity index (χ4n) is 1.83. The molecule has 17 heavy (non-hydrogen) atoms.